The number of rotatable bonds is 2. The van der Waals surface area contributed by atoms with E-state index < -0.39 is 0 Å². The molecule has 0 radical (unpaired) electrons. The van der Waals surface area contributed by atoms with E-state index in [2.05, 4.69) is 20.8 Å². The minimum atomic E-state index is 0.364. The lowest BCUT2D eigenvalue weighted by atomic mass is 10.1. The van der Waals surface area contributed by atoms with Crippen LogP contribution in [-0.2, 0) is 6.54 Å². The SMILES string of the molecule is NC1CN(Cc2ccc(Br)o2)C1. The number of hydrogen-bond donors (Lipinski definition) is 1. The molecule has 1 aromatic heterocycles. The Balaban J connectivity index is 1.88. The molecule has 1 aromatic rings. The van der Waals surface area contributed by atoms with E-state index in [9.17, 15) is 0 Å². The minimum absolute atomic E-state index is 0.364. The van der Waals surface area contributed by atoms with Crippen LogP contribution in [0.15, 0.2) is 21.2 Å². The van der Waals surface area contributed by atoms with Crippen LogP contribution in [-0.4, -0.2) is 24.0 Å². The fraction of sp³-hybridized carbons (Fsp3) is 0.500. The highest BCUT2D eigenvalue weighted by molar-refractivity contribution is 9.10. The third-order valence-electron chi connectivity index (χ3n) is 1.99. The van der Waals surface area contributed by atoms with Gasteiger partial charge in [-0.15, -0.1) is 0 Å². The molecule has 0 bridgehead atoms. The van der Waals surface area contributed by atoms with Crippen LogP contribution in [0.3, 0.4) is 0 Å². The molecule has 66 valence electrons. The smallest absolute Gasteiger partial charge is 0.169 e. The number of nitrogens with zero attached hydrogens (tertiary/aromatic N) is 1. The molecule has 0 amide bonds. The molecular weight excluding hydrogens is 220 g/mol. The van der Waals surface area contributed by atoms with Crippen LogP contribution in [0, 0.1) is 0 Å². The van der Waals surface area contributed by atoms with Crippen molar-refractivity contribution < 1.29 is 4.42 Å². The molecular formula is C8H11BrN2O. The lowest BCUT2D eigenvalue weighted by Gasteiger charge is -2.35. The fourth-order valence-corrected chi connectivity index (χ4v) is 1.74. The zero-order chi connectivity index (χ0) is 8.55. The molecule has 3 nitrogen and oxygen atoms in total. The van der Waals surface area contributed by atoms with Gasteiger partial charge >= 0.3 is 0 Å². The summed E-state index contributed by atoms with van der Waals surface area (Å²) < 4.78 is 6.15. The third kappa shape index (κ3) is 1.71. The molecule has 1 aliphatic rings. The zero-order valence-electron chi connectivity index (χ0n) is 6.66. The Bertz CT molecular complexity index is 268. The standard InChI is InChI=1S/C8H11BrN2O/c9-8-2-1-7(12-8)5-11-3-6(10)4-11/h1-2,6H,3-5,10H2. The van der Waals surface area contributed by atoms with Crippen molar-refractivity contribution in [1.29, 1.82) is 0 Å². The fourth-order valence-electron chi connectivity index (χ4n) is 1.40. The Labute approximate surface area is 79.6 Å². The topological polar surface area (TPSA) is 42.4 Å². The van der Waals surface area contributed by atoms with Gasteiger partial charge in [0.15, 0.2) is 4.67 Å². The van der Waals surface area contributed by atoms with Gasteiger partial charge in [-0.3, -0.25) is 4.90 Å². The summed E-state index contributed by atoms with van der Waals surface area (Å²) in [4.78, 5) is 2.26. The molecule has 1 fully saturated rings. The maximum atomic E-state index is 5.65. The first-order valence-corrected chi connectivity index (χ1v) is 4.75. The van der Waals surface area contributed by atoms with E-state index in [1.807, 2.05) is 12.1 Å². The van der Waals surface area contributed by atoms with Crippen molar-refractivity contribution in [2.24, 2.45) is 5.73 Å². The van der Waals surface area contributed by atoms with Gasteiger partial charge in [0.05, 0.1) is 6.54 Å². The average molecular weight is 231 g/mol. The zero-order valence-corrected chi connectivity index (χ0v) is 8.25. The number of hydrogen-bond acceptors (Lipinski definition) is 3. The van der Waals surface area contributed by atoms with Gasteiger partial charge in [0.25, 0.3) is 0 Å². The molecule has 12 heavy (non-hydrogen) atoms. The molecule has 2 heterocycles. The van der Waals surface area contributed by atoms with Crippen LogP contribution in [0.5, 0.6) is 0 Å². The summed E-state index contributed by atoms with van der Waals surface area (Å²) in [6.07, 6.45) is 0. The normalized spacial score (nSPS) is 19.5. The van der Waals surface area contributed by atoms with Gasteiger partial charge in [-0.1, -0.05) is 0 Å². The summed E-state index contributed by atoms with van der Waals surface area (Å²) in [5, 5.41) is 0. The van der Waals surface area contributed by atoms with E-state index in [0.29, 0.717) is 6.04 Å². The molecule has 0 spiro atoms. The second-order valence-corrected chi connectivity index (χ2v) is 3.94. The van der Waals surface area contributed by atoms with Crippen molar-refractivity contribution in [3.8, 4) is 0 Å². The first kappa shape index (κ1) is 8.29. The average Bonchev–Trinajstić information content (AvgIpc) is 2.33. The lowest BCUT2D eigenvalue weighted by Crippen LogP contribution is -2.54. The molecule has 4 heteroatoms. The van der Waals surface area contributed by atoms with E-state index >= 15 is 0 Å². The Hall–Kier alpha value is -0.320. The van der Waals surface area contributed by atoms with Crippen molar-refractivity contribution in [1.82, 2.24) is 4.90 Å². The van der Waals surface area contributed by atoms with Crippen LogP contribution in [0.2, 0.25) is 0 Å². The van der Waals surface area contributed by atoms with Gasteiger partial charge in [-0.2, -0.15) is 0 Å². The molecule has 1 aliphatic heterocycles. The quantitative estimate of drug-likeness (QED) is 0.831. The predicted molar refractivity (Wildman–Crippen MR) is 49.7 cm³/mol. The molecule has 0 unspecified atom stereocenters. The Kier molecular flexibility index (Phi) is 2.21. The van der Waals surface area contributed by atoms with Gasteiger partial charge in [-0.05, 0) is 28.1 Å². The highest BCUT2D eigenvalue weighted by Crippen LogP contribution is 2.17. The highest BCUT2D eigenvalue weighted by Gasteiger charge is 2.23. The number of furan rings is 1. The predicted octanol–water partition coefficient (Wildman–Crippen LogP) is 1.18. The number of likely N-dealkylation sites (tertiary alicyclic amines) is 1. The molecule has 2 N–H and O–H groups in total. The molecule has 0 atom stereocenters. The van der Waals surface area contributed by atoms with Crippen LogP contribution in [0.1, 0.15) is 5.76 Å². The van der Waals surface area contributed by atoms with Crippen LogP contribution >= 0.6 is 15.9 Å². The Morgan fingerprint density at radius 2 is 2.33 bits per heavy atom. The summed E-state index contributed by atoms with van der Waals surface area (Å²) in [5.74, 6) is 0.994. The lowest BCUT2D eigenvalue weighted by molar-refractivity contribution is 0.131. The van der Waals surface area contributed by atoms with Gasteiger partial charge in [0.1, 0.15) is 5.76 Å². The number of halogens is 1. The molecule has 0 aliphatic carbocycles. The monoisotopic (exact) mass is 230 g/mol. The van der Waals surface area contributed by atoms with E-state index in [4.69, 9.17) is 10.2 Å². The van der Waals surface area contributed by atoms with Crippen molar-refractivity contribution in [2.45, 2.75) is 12.6 Å². The molecule has 0 saturated carbocycles. The maximum absolute atomic E-state index is 5.65. The Morgan fingerprint density at radius 3 is 2.83 bits per heavy atom. The van der Waals surface area contributed by atoms with Crippen molar-refractivity contribution in [3.05, 3.63) is 22.6 Å². The second kappa shape index (κ2) is 3.20. The van der Waals surface area contributed by atoms with Crippen LogP contribution < -0.4 is 5.73 Å². The minimum Gasteiger partial charge on any atom is -0.453 e. The summed E-state index contributed by atoms with van der Waals surface area (Å²) in [6.45, 7) is 2.84. The molecule has 2 rings (SSSR count). The van der Waals surface area contributed by atoms with Crippen LogP contribution in [0.25, 0.3) is 0 Å². The van der Waals surface area contributed by atoms with Crippen molar-refractivity contribution in [2.75, 3.05) is 13.1 Å². The van der Waals surface area contributed by atoms with Crippen LogP contribution in [0.4, 0.5) is 0 Å². The second-order valence-electron chi connectivity index (χ2n) is 3.16. The van der Waals surface area contributed by atoms with Gasteiger partial charge in [0.2, 0.25) is 0 Å². The Morgan fingerprint density at radius 1 is 1.58 bits per heavy atom. The van der Waals surface area contributed by atoms with E-state index in [1.54, 1.807) is 0 Å². The van der Waals surface area contributed by atoms with Crippen molar-refractivity contribution in [3.63, 3.8) is 0 Å². The van der Waals surface area contributed by atoms with E-state index in [1.165, 1.54) is 0 Å². The largest absolute Gasteiger partial charge is 0.453 e. The van der Waals surface area contributed by atoms with E-state index in [-0.39, 0.29) is 0 Å². The van der Waals surface area contributed by atoms with Crippen molar-refractivity contribution >= 4 is 15.9 Å². The van der Waals surface area contributed by atoms with Gasteiger partial charge in [0, 0.05) is 19.1 Å². The maximum Gasteiger partial charge on any atom is 0.169 e. The molecule has 1 saturated heterocycles. The summed E-state index contributed by atoms with van der Waals surface area (Å²) in [7, 11) is 0. The first-order valence-electron chi connectivity index (χ1n) is 3.96. The highest BCUT2D eigenvalue weighted by atomic mass is 79.9. The first-order chi connectivity index (χ1) is 5.74. The van der Waals surface area contributed by atoms with E-state index in [0.717, 1.165) is 30.1 Å². The summed E-state index contributed by atoms with van der Waals surface area (Å²) in [6, 6.07) is 4.26. The van der Waals surface area contributed by atoms with Gasteiger partial charge in [-0.25, -0.2) is 0 Å². The third-order valence-corrected chi connectivity index (χ3v) is 2.42. The van der Waals surface area contributed by atoms with Gasteiger partial charge < -0.3 is 10.2 Å². The molecule has 0 aromatic carbocycles. The number of nitrogens with two attached hydrogens (primary N) is 1. The summed E-state index contributed by atoms with van der Waals surface area (Å²) >= 11 is 3.26. The summed E-state index contributed by atoms with van der Waals surface area (Å²) in [5.41, 5.74) is 5.65.